The fraction of sp³-hybridized carbons (Fsp3) is 0.632. The molecule has 0 radical (unpaired) electrons. The first-order chi connectivity index (χ1) is 11.4. The molecule has 1 aliphatic rings. The lowest BCUT2D eigenvalue weighted by Crippen LogP contribution is -2.47. The molecule has 0 aromatic heterocycles. The van der Waals surface area contributed by atoms with Crippen molar-refractivity contribution in [2.24, 2.45) is 4.99 Å². The molecule has 1 aliphatic carbocycles. The predicted octanol–water partition coefficient (Wildman–Crippen LogP) is 3.48. The lowest BCUT2D eigenvalue weighted by Gasteiger charge is -2.24. The second kappa shape index (κ2) is 8.27. The largest absolute Gasteiger partial charge is 0.493 e. The number of benzene rings is 1. The fourth-order valence-electron chi connectivity index (χ4n) is 2.83. The molecule has 1 fully saturated rings. The minimum absolute atomic E-state index is 0.0293. The van der Waals surface area contributed by atoms with Gasteiger partial charge in [-0.1, -0.05) is 6.07 Å². The summed E-state index contributed by atoms with van der Waals surface area (Å²) in [5, 5.41) is 6.68. The lowest BCUT2D eigenvalue weighted by molar-refractivity contribution is 0.200. The molecule has 1 aromatic carbocycles. The fourth-order valence-corrected chi connectivity index (χ4v) is 2.83. The summed E-state index contributed by atoms with van der Waals surface area (Å²) in [5.74, 6) is 2.41. The van der Waals surface area contributed by atoms with Crippen molar-refractivity contribution in [1.82, 2.24) is 10.6 Å². The van der Waals surface area contributed by atoms with E-state index in [2.05, 4.69) is 42.5 Å². The van der Waals surface area contributed by atoms with E-state index in [9.17, 15) is 0 Å². The maximum absolute atomic E-state index is 6.08. The molecular formula is C19H31N3O2. The number of guanidine groups is 1. The molecule has 0 amide bonds. The Morgan fingerprint density at radius 1 is 1.21 bits per heavy atom. The van der Waals surface area contributed by atoms with Crippen LogP contribution in [0.15, 0.2) is 23.2 Å². The highest BCUT2D eigenvalue weighted by molar-refractivity contribution is 5.80. The first-order valence-corrected chi connectivity index (χ1v) is 8.73. The van der Waals surface area contributed by atoms with Gasteiger partial charge in [0.25, 0.3) is 0 Å². The number of hydrogen-bond donors (Lipinski definition) is 2. The van der Waals surface area contributed by atoms with Gasteiger partial charge in [0, 0.05) is 19.1 Å². The third-order valence-corrected chi connectivity index (χ3v) is 4.00. The first-order valence-electron chi connectivity index (χ1n) is 8.73. The summed E-state index contributed by atoms with van der Waals surface area (Å²) >= 11 is 0. The van der Waals surface area contributed by atoms with Crippen LogP contribution in [0.25, 0.3) is 0 Å². The van der Waals surface area contributed by atoms with Crippen molar-refractivity contribution < 1.29 is 9.47 Å². The molecule has 0 bridgehead atoms. The van der Waals surface area contributed by atoms with Gasteiger partial charge in [-0.05, 0) is 64.2 Å². The van der Waals surface area contributed by atoms with Crippen LogP contribution in [0.5, 0.6) is 11.5 Å². The Hall–Kier alpha value is -1.91. The molecule has 5 nitrogen and oxygen atoms in total. The van der Waals surface area contributed by atoms with Crippen LogP contribution in [0, 0.1) is 0 Å². The van der Waals surface area contributed by atoms with Crippen molar-refractivity contribution in [3.63, 3.8) is 0 Å². The zero-order valence-electron chi connectivity index (χ0n) is 15.6. The number of nitrogens with one attached hydrogen (secondary N) is 2. The number of methoxy groups -OCH3 is 1. The standard InChI is InChI=1S/C19H31N3O2/c1-19(2,3)22-18(20-4)21-13-14-10-11-16(17(12-14)23-5)24-15-8-6-7-9-15/h10-12,15H,6-9,13H2,1-5H3,(H2,20,21,22). The van der Waals surface area contributed by atoms with Crippen LogP contribution in [0.1, 0.15) is 52.0 Å². The van der Waals surface area contributed by atoms with E-state index in [1.54, 1.807) is 14.2 Å². The van der Waals surface area contributed by atoms with Crippen molar-refractivity contribution in [2.75, 3.05) is 14.2 Å². The zero-order chi connectivity index (χ0) is 17.6. The molecule has 0 heterocycles. The van der Waals surface area contributed by atoms with E-state index in [0.29, 0.717) is 12.6 Å². The average molecular weight is 333 g/mol. The highest BCUT2D eigenvalue weighted by Crippen LogP contribution is 2.32. The Labute approximate surface area is 145 Å². The van der Waals surface area contributed by atoms with Gasteiger partial charge in [0.05, 0.1) is 13.2 Å². The average Bonchev–Trinajstić information content (AvgIpc) is 3.04. The number of rotatable bonds is 5. The van der Waals surface area contributed by atoms with Crippen LogP contribution in [0.2, 0.25) is 0 Å². The molecule has 0 aliphatic heterocycles. The Kier molecular flexibility index (Phi) is 6.35. The molecule has 1 saturated carbocycles. The molecule has 134 valence electrons. The topological polar surface area (TPSA) is 54.9 Å². The molecule has 2 N–H and O–H groups in total. The summed E-state index contributed by atoms with van der Waals surface area (Å²) in [6.07, 6.45) is 5.13. The van der Waals surface area contributed by atoms with E-state index >= 15 is 0 Å². The third-order valence-electron chi connectivity index (χ3n) is 4.00. The molecule has 2 rings (SSSR count). The summed E-state index contributed by atoms with van der Waals surface area (Å²) < 4.78 is 11.6. The van der Waals surface area contributed by atoms with Crippen LogP contribution in [-0.4, -0.2) is 31.8 Å². The van der Waals surface area contributed by atoms with Crippen molar-refractivity contribution in [2.45, 2.75) is 64.6 Å². The summed E-state index contributed by atoms with van der Waals surface area (Å²) in [6, 6.07) is 6.11. The predicted molar refractivity (Wildman–Crippen MR) is 99.0 cm³/mol. The van der Waals surface area contributed by atoms with Crippen molar-refractivity contribution in [3.8, 4) is 11.5 Å². The molecule has 0 atom stereocenters. The van der Waals surface area contributed by atoms with Gasteiger partial charge in [-0.15, -0.1) is 0 Å². The maximum atomic E-state index is 6.08. The molecule has 0 unspecified atom stereocenters. The van der Waals surface area contributed by atoms with E-state index in [-0.39, 0.29) is 5.54 Å². The number of hydrogen-bond acceptors (Lipinski definition) is 3. The SMILES string of the molecule is CN=C(NCc1ccc(OC2CCCC2)c(OC)c1)NC(C)(C)C. The Morgan fingerprint density at radius 2 is 1.92 bits per heavy atom. The van der Waals surface area contributed by atoms with E-state index in [4.69, 9.17) is 9.47 Å². The summed E-state index contributed by atoms with van der Waals surface area (Å²) in [7, 11) is 3.47. The van der Waals surface area contributed by atoms with Gasteiger partial charge in [0.2, 0.25) is 0 Å². The molecule has 0 spiro atoms. The minimum atomic E-state index is -0.0293. The van der Waals surface area contributed by atoms with Crippen LogP contribution < -0.4 is 20.1 Å². The van der Waals surface area contributed by atoms with Crippen molar-refractivity contribution in [1.29, 1.82) is 0 Å². The summed E-state index contributed by atoms with van der Waals surface area (Å²) in [6.45, 7) is 7.00. The van der Waals surface area contributed by atoms with E-state index in [1.807, 2.05) is 12.1 Å². The second-order valence-electron chi connectivity index (χ2n) is 7.31. The smallest absolute Gasteiger partial charge is 0.191 e. The van der Waals surface area contributed by atoms with Crippen LogP contribution in [-0.2, 0) is 6.54 Å². The van der Waals surface area contributed by atoms with Crippen molar-refractivity contribution >= 4 is 5.96 Å². The monoisotopic (exact) mass is 333 g/mol. The van der Waals surface area contributed by atoms with Gasteiger partial charge in [-0.2, -0.15) is 0 Å². The molecule has 1 aromatic rings. The quantitative estimate of drug-likeness (QED) is 0.640. The summed E-state index contributed by atoms with van der Waals surface area (Å²) in [5.41, 5.74) is 1.10. The number of aliphatic imine (C=N–C) groups is 1. The normalized spacial score (nSPS) is 16.1. The summed E-state index contributed by atoms with van der Waals surface area (Å²) in [4.78, 5) is 4.26. The first kappa shape index (κ1) is 18.4. The Balaban J connectivity index is 1.98. The number of ether oxygens (including phenoxy) is 2. The Morgan fingerprint density at radius 3 is 2.50 bits per heavy atom. The molecular weight excluding hydrogens is 302 g/mol. The highest BCUT2D eigenvalue weighted by Gasteiger charge is 2.18. The van der Waals surface area contributed by atoms with Gasteiger partial charge in [-0.3, -0.25) is 4.99 Å². The molecule has 24 heavy (non-hydrogen) atoms. The minimum Gasteiger partial charge on any atom is -0.493 e. The third kappa shape index (κ3) is 5.62. The van der Waals surface area contributed by atoms with Crippen LogP contribution in [0.3, 0.4) is 0 Å². The molecule has 5 heteroatoms. The van der Waals surface area contributed by atoms with E-state index in [1.165, 1.54) is 12.8 Å². The van der Waals surface area contributed by atoms with Crippen LogP contribution >= 0.6 is 0 Å². The maximum Gasteiger partial charge on any atom is 0.191 e. The lowest BCUT2D eigenvalue weighted by atomic mass is 10.1. The van der Waals surface area contributed by atoms with Crippen LogP contribution in [0.4, 0.5) is 0 Å². The van der Waals surface area contributed by atoms with E-state index < -0.39 is 0 Å². The van der Waals surface area contributed by atoms with Gasteiger partial charge in [-0.25, -0.2) is 0 Å². The van der Waals surface area contributed by atoms with Crippen molar-refractivity contribution in [3.05, 3.63) is 23.8 Å². The van der Waals surface area contributed by atoms with Gasteiger partial charge < -0.3 is 20.1 Å². The van der Waals surface area contributed by atoms with Gasteiger partial charge in [0.15, 0.2) is 17.5 Å². The molecule has 0 saturated heterocycles. The van der Waals surface area contributed by atoms with Gasteiger partial charge in [0.1, 0.15) is 0 Å². The highest BCUT2D eigenvalue weighted by atomic mass is 16.5. The van der Waals surface area contributed by atoms with E-state index in [0.717, 1.165) is 35.9 Å². The van der Waals surface area contributed by atoms with Gasteiger partial charge >= 0.3 is 0 Å². The number of nitrogens with zero attached hydrogens (tertiary/aromatic N) is 1. The second-order valence-corrected chi connectivity index (χ2v) is 7.31. The Bertz CT molecular complexity index is 558. The zero-order valence-corrected chi connectivity index (χ0v) is 15.6.